The second kappa shape index (κ2) is 11.7. The number of alkyl halides is 6. The number of rotatable bonds is 6. The number of hydrogen-bond donors (Lipinski definition) is 1. The van der Waals surface area contributed by atoms with Gasteiger partial charge in [0, 0.05) is 20.6 Å². The molecule has 1 fully saturated rings. The van der Waals surface area contributed by atoms with E-state index in [1.165, 1.54) is 4.90 Å². The highest BCUT2D eigenvalue weighted by atomic mass is 32.2. The first kappa shape index (κ1) is 30.0. The highest BCUT2D eigenvalue weighted by Gasteiger charge is 2.38. The zero-order valence-electron chi connectivity index (χ0n) is 21.4. The summed E-state index contributed by atoms with van der Waals surface area (Å²) in [6.45, 7) is 4.49. The molecule has 1 aromatic rings. The number of carbonyl (C=O) groups is 2. The van der Waals surface area contributed by atoms with Crippen molar-refractivity contribution < 1.29 is 35.9 Å². The molecule has 13 heteroatoms. The van der Waals surface area contributed by atoms with Crippen LogP contribution in [0.4, 0.5) is 31.1 Å². The molecule has 1 atom stereocenters. The van der Waals surface area contributed by atoms with Gasteiger partial charge in [-0.3, -0.25) is 14.5 Å². The maximum atomic E-state index is 13.5. The minimum Gasteiger partial charge on any atom is -0.357 e. The first-order valence-electron chi connectivity index (χ1n) is 12.1. The van der Waals surface area contributed by atoms with Crippen LogP contribution in [0.25, 0.3) is 0 Å². The maximum absolute atomic E-state index is 13.5. The van der Waals surface area contributed by atoms with Crippen molar-refractivity contribution in [1.82, 2.24) is 15.1 Å². The molecule has 0 aliphatic carbocycles. The minimum atomic E-state index is -4.91. The van der Waals surface area contributed by atoms with Crippen LogP contribution in [0, 0.1) is 11.8 Å². The van der Waals surface area contributed by atoms with Crippen molar-refractivity contribution in [2.24, 2.45) is 16.8 Å². The number of hydrogen-bond acceptors (Lipinski definition) is 5. The van der Waals surface area contributed by atoms with Crippen LogP contribution in [0.2, 0.25) is 0 Å². The number of carbonyl (C=O) groups excluding carboxylic acids is 2. The third-order valence-electron chi connectivity index (χ3n) is 6.46. The largest absolute Gasteiger partial charge is 0.416 e. The van der Waals surface area contributed by atoms with Crippen LogP contribution in [0.3, 0.4) is 0 Å². The van der Waals surface area contributed by atoms with Crippen LogP contribution in [-0.4, -0.2) is 60.0 Å². The normalized spacial score (nSPS) is 19.7. The molecule has 1 aromatic carbocycles. The van der Waals surface area contributed by atoms with E-state index in [0.717, 1.165) is 17.8 Å². The number of allylic oxidation sites excluding steroid dienone is 1. The van der Waals surface area contributed by atoms with E-state index in [-0.39, 0.29) is 35.9 Å². The number of thioether (sulfide) groups is 1. The van der Waals surface area contributed by atoms with Gasteiger partial charge in [-0.2, -0.15) is 31.3 Å². The molecule has 2 amide bonds. The zero-order valence-corrected chi connectivity index (χ0v) is 22.2. The Labute approximate surface area is 221 Å². The van der Waals surface area contributed by atoms with Crippen LogP contribution in [0.5, 0.6) is 0 Å². The zero-order chi connectivity index (χ0) is 28.4. The van der Waals surface area contributed by atoms with Crippen LogP contribution in [-0.2, 0) is 23.7 Å². The second-order valence-corrected chi connectivity index (χ2v) is 10.9. The monoisotopic (exact) mass is 564 g/mol. The van der Waals surface area contributed by atoms with Crippen molar-refractivity contribution in [3.05, 3.63) is 45.9 Å². The van der Waals surface area contributed by atoms with E-state index in [4.69, 9.17) is 0 Å². The highest BCUT2D eigenvalue weighted by Crippen LogP contribution is 2.38. The molecule has 3 rings (SSSR count). The molecule has 2 heterocycles. The van der Waals surface area contributed by atoms with E-state index in [1.54, 1.807) is 19.0 Å². The number of likely N-dealkylation sites (tertiary alicyclic amines) is 1. The number of amides is 2. The summed E-state index contributed by atoms with van der Waals surface area (Å²) in [5.41, 5.74) is -2.82. The van der Waals surface area contributed by atoms with Gasteiger partial charge in [-0.25, -0.2) is 0 Å². The van der Waals surface area contributed by atoms with Gasteiger partial charge in [0.15, 0.2) is 0 Å². The number of halogens is 6. The minimum absolute atomic E-state index is 0.0170. The van der Waals surface area contributed by atoms with Gasteiger partial charge in [0.2, 0.25) is 5.91 Å². The fraction of sp³-hybridized carbons (Fsp3) is 0.560. The summed E-state index contributed by atoms with van der Waals surface area (Å²) < 4.78 is 79.4. The van der Waals surface area contributed by atoms with Gasteiger partial charge in [0.25, 0.3) is 0 Å². The molecule has 38 heavy (non-hydrogen) atoms. The van der Waals surface area contributed by atoms with Gasteiger partial charge in [-0.05, 0) is 67.2 Å². The lowest BCUT2D eigenvalue weighted by molar-refractivity contribution is -0.143. The molecule has 2 aliphatic rings. The number of piperidine rings is 1. The SMILES string of the molecule is CC(C)[C@H](NC1=NC(=O)S/C1=C\C1CCN(Cc2ccc(C(F)(F)F)cc2C(F)(F)F)CC1)C(=O)N(C)C. The molecule has 0 radical (unpaired) electrons. The quantitative estimate of drug-likeness (QED) is 0.444. The van der Waals surface area contributed by atoms with Crippen LogP contribution < -0.4 is 5.32 Å². The lowest BCUT2D eigenvalue weighted by Crippen LogP contribution is -2.49. The Morgan fingerprint density at radius 1 is 1.16 bits per heavy atom. The maximum Gasteiger partial charge on any atom is 0.416 e. The van der Waals surface area contributed by atoms with Gasteiger partial charge < -0.3 is 10.2 Å². The predicted octanol–water partition coefficient (Wildman–Crippen LogP) is 5.79. The van der Waals surface area contributed by atoms with Crippen LogP contribution in [0.15, 0.2) is 34.2 Å². The Kier molecular flexibility index (Phi) is 9.23. The summed E-state index contributed by atoms with van der Waals surface area (Å²) in [7, 11) is 3.28. The average Bonchev–Trinajstić information content (AvgIpc) is 3.15. The van der Waals surface area contributed by atoms with Gasteiger partial charge in [-0.1, -0.05) is 26.0 Å². The molecule has 210 valence electrons. The Morgan fingerprint density at radius 3 is 2.32 bits per heavy atom. The van der Waals surface area contributed by atoms with E-state index in [0.29, 0.717) is 42.7 Å². The Balaban J connectivity index is 1.68. The van der Waals surface area contributed by atoms with Gasteiger partial charge >= 0.3 is 17.6 Å². The predicted molar refractivity (Wildman–Crippen MR) is 133 cm³/mol. The molecule has 0 aromatic heterocycles. The number of amidine groups is 1. The van der Waals surface area contributed by atoms with Crippen LogP contribution >= 0.6 is 11.8 Å². The summed E-state index contributed by atoms with van der Waals surface area (Å²) >= 11 is 0.953. The fourth-order valence-electron chi connectivity index (χ4n) is 4.35. The van der Waals surface area contributed by atoms with Gasteiger partial charge in [0.1, 0.15) is 11.9 Å². The standard InChI is InChI=1S/C25H30F6N4O2S/c1-14(2)20(22(36)34(3)4)32-21-19(38-23(37)33-21)11-15-7-9-35(10-8-15)13-16-5-6-17(24(26,27)28)12-18(16)25(29,30)31/h5-6,11-12,14-15,20H,7-10,13H2,1-4H3,(H,32,33,37)/b19-11-/t20-/m0/s1. The van der Waals surface area contributed by atoms with Crippen molar-refractivity contribution in [1.29, 1.82) is 0 Å². The van der Waals surface area contributed by atoms with Crippen molar-refractivity contribution in [3.63, 3.8) is 0 Å². The average molecular weight is 565 g/mol. The number of nitrogens with one attached hydrogen (secondary N) is 1. The van der Waals surface area contributed by atoms with E-state index < -0.39 is 34.8 Å². The molecular formula is C25H30F6N4O2S. The van der Waals surface area contributed by atoms with Crippen molar-refractivity contribution >= 4 is 28.7 Å². The highest BCUT2D eigenvalue weighted by molar-refractivity contribution is 8.18. The summed E-state index contributed by atoms with van der Waals surface area (Å²) in [6, 6.07) is 1.16. The Bertz CT molecular complexity index is 1110. The van der Waals surface area contributed by atoms with Crippen LogP contribution in [0.1, 0.15) is 43.4 Å². The third kappa shape index (κ3) is 7.52. The number of benzene rings is 1. The Morgan fingerprint density at radius 2 is 1.79 bits per heavy atom. The summed E-state index contributed by atoms with van der Waals surface area (Å²) in [5, 5.41) is 2.69. The Hall–Kier alpha value is -2.54. The van der Waals surface area contributed by atoms with Gasteiger partial charge in [0.05, 0.1) is 16.0 Å². The first-order valence-corrected chi connectivity index (χ1v) is 12.9. The van der Waals surface area contributed by atoms with Gasteiger partial charge in [-0.15, -0.1) is 0 Å². The first-order chi connectivity index (χ1) is 17.6. The van der Waals surface area contributed by atoms with Crippen molar-refractivity contribution in [2.75, 3.05) is 27.2 Å². The number of likely N-dealkylation sites (N-methyl/N-ethyl adjacent to an activating group) is 1. The van der Waals surface area contributed by atoms with E-state index >= 15 is 0 Å². The van der Waals surface area contributed by atoms with Crippen molar-refractivity contribution in [3.8, 4) is 0 Å². The fourth-order valence-corrected chi connectivity index (χ4v) is 5.14. The second-order valence-electron chi connectivity index (χ2n) is 9.94. The van der Waals surface area contributed by atoms with E-state index in [9.17, 15) is 35.9 Å². The smallest absolute Gasteiger partial charge is 0.357 e. The molecule has 0 spiro atoms. The molecule has 1 saturated heterocycles. The third-order valence-corrected chi connectivity index (χ3v) is 7.27. The lowest BCUT2D eigenvalue weighted by Gasteiger charge is -2.32. The molecular weight excluding hydrogens is 534 g/mol. The van der Waals surface area contributed by atoms with E-state index in [2.05, 4.69) is 10.3 Å². The van der Waals surface area contributed by atoms with Crippen molar-refractivity contribution in [2.45, 2.75) is 51.6 Å². The molecule has 0 bridgehead atoms. The topological polar surface area (TPSA) is 65.0 Å². The lowest BCUT2D eigenvalue weighted by atomic mass is 9.95. The summed E-state index contributed by atoms with van der Waals surface area (Å²) in [4.78, 5) is 32.5. The molecule has 1 N–H and O–H groups in total. The summed E-state index contributed by atoms with van der Waals surface area (Å²) in [6.07, 6.45) is -6.71. The molecule has 0 unspecified atom stereocenters. The summed E-state index contributed by atoms with van der Waals surface area (Å²) in [5.74, 6) is 0.130. The number of nitrogens with zero attached hydrogens (tertiary/aromatic N) is 3. The van der Waals surface area contributed by atoms with E-state index in [1.807, 2.05) is 19.9 Å². The molecule has 6 nitrogen and oxygen atoms in total. The molecule has 0 saturated carbocycles. The molecule has 2 aliphatic heterocycles. The number of aliphatic imine (C=N–C) groups is 1.